The van der Waals surface area contributed by atoms with Gasteiger partial charge in [-0.2, -0.15) is 0 Å². The van der Waals surface area contributed by atoms with Gasteiger partial charge in [-0.25, -0.2) is 8.78 Å². The van der Waals surface area contributed by atoms with Gasteiger partial charge in [0.25, 0.3) is 0 Å². The van der Waals surface area contributed by atoms with Gasteiger partial charge < -0.3 is 10.6 Å². The second kappa shape index (κ2) is 3.92. The molecule has 2 N–H and O–H groups in total. The SMILES string of the molecule is CC1CC(C)N(c2cc(F)cc(F)c2N)C1. The van der Waals surface area contributed by atoms with Crippen LogP contribution in [0.1, 0.15) is 20.3 Å². The molecule has 4 heteroatoms. The lowest BCUT2D eigenvalue weighted by molar-refractivity contribution is 0.584. The highest BCUT2D eigenvalue weighted by atomic mass is 19.1. The van der Waals surface area contributed by atoms with E-state index in [1.54, 1.807) is 0 Å². The number of rotatable bonds is 1. The second-order valence-electron chi connectivity index (χ2n) is 4.66. The first-order valence-electron chi connectivity index (χ1n) is 5.50. The van der Waals surface area contributed by atoms with Gasteiger partial charge in [-0.05, 0) is 25.3 Å². The van der Waals surface area contributed by atoms with Crippen LogP contribution in [0.3, 0.4) is 0 Å². The van der Waals surface area contributed by atoms with Gasteiger partial charge >= 0.3 is 0 Å². The Morgan fingerprint density at radius 3 is 2.56 bits per heavy atom. The average molecular weight is 226 g/mol. The normalized spacial score (nSPS) is 25.1. The minimum absolute atomic E-state index is 0.0438. The zero-order valence-electron chi connectivity index (χ0n) is 9.50. The lowest BCUT2D eigenvalue weighted by Gasteiger charge is -2.25. The molecule has 2 atom stereocenters. The predicted molar refractivity (Wildman–Crippen MR) is 61.4 cm³/mol. The number of hydrogen-bond donors (Lipinski definition) is 1. The first kappa shape index (κ1) is 11.2. The van der Waals surface area contributed by atoms with E-state index in [1.165, 1.54) is 6.07 Å². The summed E-state index contributed by atoms with van der Waals surface area (Å²) in [4.78, 5) is 1.98. The maximum Gasteiger partial charge on any atom is 0.151 e. The molecule has 0 radical (unpaired) electrons. The molecular weight excluding hydrogens is 210 g/mol. The molecule has 0 saturated carbocycles. The van der Waals surface area contributed by atoms with Crippen molar-refractivity contribution >= 4 is 11.4 Å². The van der Waals surface area contributed by atoms with Crippen LogP contribution in [0.25, 0.3) is 0 Å². The molecule has 2 unspecified atom stereocenters. The topological polar surface area (TPSA) is 29.3 Å². The number of nitrogens with two attached hydrogens (primary N) is 1. The van der Waals surface area contributed by atoms with E-state index < -0.39 is 11.6 Å². The quantitative estimate of drug-likeness (QED) is 0.746. The Kier molecular flexibility index (Phi) is 2.74. The van der Waals surface area contributed by atoms with Crippen molar-refractivity contribution in [1.82, 2.24) is 0 Å². The van der Waals surface area contributed by atoms with E-state index in [4.69, 9.17) is 5.73 Å². The van der Waals surface area contributed by atoms with Gasteiger partial charge in [-0.15, -0.1) is 0 Å². The third-order valence-corrected chi connectivity index (χ3v) is 3.17. The molecule has 1 aliphatic heterocycles. The molecule has 0 aromatic heterocycles. The van der Waals surface area contributed by atoms with Crippen LogP contribution in [-0.2, 0) is 0 Å². The zero-order valence-corrected chi connectivity index (χ0v) is 9.50. The maximum atomic E-state index is 13.3. The van der Waals surface area contributed by atoms with Crippen molar-refractivity contribution in [3.63, 3.8) is 0 Å². The van der Waals surface area contributed by atoms with Gasteiger partial charge in [0.2, 0.25) is 0 Å². The number of nitrogen functional groups attached to an aromatic ring is 1. The van der Waals surface area contributed by atoms with E-state index in [0.717, 1.165) is 19.0 Å². The Labute approximate surface area is 94.0 Å². The maximum absolute atomic E-state index is 13.3. The van der Waals surface area contributed by atoms with E-state index in [-0.39, 0.29) is 11.7 Å². The predicted octanol–water partition coefficient (Wildman–Crippen LogP) is 2.78. The minimum Gasteiger partial charge on any atom is -0.395 e. The summed E-state index contributed by atoms with van der Waals surface area (Å²) in [6.07, 6.45) is 1.03. The van der Waals surface area contributed by atoms with Gasteiger partial charge in [0.1, 0.15) is 5.82 Å². The third-order valence-electron chi connectivity index (χ3n) is 3.17. The molecule has 0 aliphatic carbocycles. The monoisotopic (exact) mass is 226 g/mol. The number of anilines is 2. The summed E-state index contributed by atoms with van der Waals surface area (Å²) in [6, 6.07) is 2.41. The summed E-state index contributed by atoms with van der Waals surface area (Å²) in [5.41, 5.74) is 6.18. The van der Waals surface area contributed by atoms with Crippen LogP contribution in [0.2, 0.25) is 0 Å². The summed E-state index contributed by atoms with van der Waals surface area (Å²) in [5, 5.41) is 0. The van der Waals surface area contributed by atoms with E-state index in [0.29, 0.717) is 11.6 Å². The molecule has 0 amide bonds. The average Bonchev–Trinajstić information content (AvgIpc) is 2.51. The molecule has 1 saturated heterocycles. The standard InChI is InChI=1S/C12H16F2N2/c1-7-3-8(2)16(6-7)11-5-9(13)4-10(14)12(11)15/h4-5,7-8H,3,6,15H2,1-2H3. The molecule has 2 nitrogen and oxygen atoms in total. The van der Waals surface area contributed by atoms with Crippen molar-refractivity contribution in [2.75, 3.05) is 17.2 Å². The molecule has 1 fully saturated rings. The number of nitrogens with zero attached hydrogens (tertiary/aromatic N) is 1. The van der Waals surface area contributed by atoms with Crippen molar-refractivity contribution in [2.24, 2.45) is 5.92 Å². The van der Waals surface area contributed by atoms with Crippen LogP contribution in [0.5, 0.6) is 0 Å². The van der Waals surface area contributed by atoms with E-state index >= 15 is 0 Å². The number of hydrogen-bond acceptors (Lipinski definition) is 2. The van der Waals surface area contributed by atoms with Gasteiger partial charge in [0.05, 0.1) is 11.4 Å². The molecule has 0 bridgehead atoms. The van der Waals surface area contributed by atoms with Crippen molar-refractivity contribution in [3.8, 4) is 0 Å². The molecule has 1 aliphatic rings. The fraction of sp³-hybridized carbons (Fsp3) is 0.500. The van der Waals surface area contributed by atoms with Crippen LogP contribution in [0.15, 0.2) is 12.1 Å². The number of benzene rings is 1. The van der Waals surface area contributed by atoms with Crippen molar-refractivity contribution < 1.29 is 8.78 Å². The Hall–Kier alpha value is -1.32. The van der Waals surface area contributed by atoms with E-state index in [1.807, 2.05) is 11.8 Å². The molecular formula is C12H16F2N2. The summed E-state index contributed by atoms with van der Waals surface area (Å²) >= 11 is 0. The highest BCUT2D eigenvalue weighted by molar-refractivity contribution is 5.69. The zero-order chi connectivity index (χ0) is 11.9. The minimum atomic E-state index is -0.679. The Morgan fingerprint density at radius 2 is 2.00 bits per heavy atom. The largest absolute Gasteiger partial charge is 0.395 e. The summed E-state index contributed by atoms with van der Waals surface area (Å²) < 4.78 is 26.5. The van der Waals surface area contributed by atoms with Crippen LogP contribution < -0.4 is 10.6 Å². The van der Waals surface area contributed by atoms with Crippen LogP contribution in [-0.4, -0.2) is 12.6 Å². The third kappa shape index (κ3) is 1.84. The Bertz CT molecular complexity index is 406. The molecule has 1 aromatic rings. The van der Waals surface area contributed by atoms with Crippen LogP contribution >= 0.6 is 0 Å². The summed E-state index contributed by atoms with van der Waals surface area (Å²) in [7, 11) is 0. The van der Waals surface area contributed by atoms with Gasteiger partial charge in [-0.1, -0.05) is 6.92 Å². The first-order valence-corrected chi connectivity index (χ1v) is 5.50. The fourth-order valence-electron chi connectivity index (χ4n) is 2.44. The van der Waals surface area contributed by atoms with E-state index in [2.05, 4.69) is 6.92 Å². The van der Waals surface area contributed by atoms with Gasteiger partial charge in [-0.3, -0.25) is 0 Å². The second-order valence-corrected chi connectivity index (χ2v) is 4.66. The molecule has 0 spiro atoms. The summed E-state index contributed by atoms with van der Waals surface area (Å²) in [6.45, 7) is 4.97. The van der Waals surface area contributed by atoms with Crippen molar-refractivity contribution in [1.29, 1.82) is 0 Å². The highest BCUT2D eigenvalue weighted by Crippen LogP contribution is 2.34. The van der Waals surface area contributed by atoms with Crippen LogP contribution in [0.4, 0.5) is 20.2 Å². The van der Waals surface area contributed by atoms with E-state index in [9.17, 15) is 8.78 Å². The van der Waals surface area contributed by atoms with Gasteiger partial charge in [0, 0.05) is 18.7 Å². The first-order chi connectivity index (χ1) is 7.49. The number of halogens is 2. The van der Waals surface area contributed by atoms with Crippen molar-refractivity contribution in [3.05, 3.63) is 23.8 Å². The van der Waals surface area contributed by atoms with Crippen molar-refractivity contribution in [2.45, 2.75) is 26.3 Å². The highest BCUT2D eigenvalue weighted by Gasteiger charge is 2.28. The summed E-state index contributed by atoms with van der Waals surface area (Å²) in [5.74, 6) is -0.726. The Morgan fingerprint density at radius 1 is 1.31 bits per heavy atom. The van der Waals surface area contributed by atoms with Crippen LogP contribution in [0, 0.1) is 17.6 Å². The lowest BCUT2D eigenvalue weighted by atomic mass is 10.1. The molecule has 16 heavy (non-hydrogen) atoms. The molecule has 2 rings (SSSR count). The molecule has 1 heterocycles. The molecule has 1 aromatic carbocycles. The van der Waals surface area contributed by atoms with Gasteiger partial charge in [0.15, 0.2) is 5.82 Å². The Balaban J connectivity index is 2.40. The fourth-order valence-corrected chi connectivity index (χ4v) is 2.44. The molecule has 88 valence electrons. The lowest BCUT2D eigenvalue weighted by Crippen LogP contribution is -2.27. The smallest absolute Gasteiger partial charge is 0.151 e.